The third-order valence-corrected chi connectivity index (χ3v) is 5.14. The van der Waals surface area contributed by atoms with Crippen LogP contribution in [0.5, 0.6) is 0 Å². The zero-order valence-corrected chi connectivity index (χ0v) is 14.6. The van der Waals surface area contributed by atoms with Crippen LogP contribution in [-0.4, -0.2) is 66.4 Å². The lowest BCUT2D eigenvalue weighted by Gasteiger charge is -2.35. The van der Waals surface area contributed by atoms with Gasteiger partial charge in [0.1, 0.15) is 0 Å². The van der Waals surface area contributed by atoms with E-state index in [4.69, 9.17) is 5.73 Å². The SMILES string of the molecule is Nc1cccc(CN2CCN(CC(=O)N3CCCCCC3)CC2)c1. The number of hydrogen-bond donors (Lipinski definition) is 1. The molecule has 5 nitrogen and oxygen atoms in total. The molecule has 24 heavy (non-hydrogen) atoms. The third kappa shape index (κ3) is 4.95. The van der Waals surface area contributed by atoms with Crippen molar-refractivity contribution in [1.82, 2.24) is 14.7 Å². The van der Waals surface area contributed by atoms with Crippen LogP contribution in [0.15, 0.2) is 24.3 Å². The van der Waals surface area contributed by atoms with Gasteiger partial charge in [0, 0.05) is 51.5 Å². The smallest absolute Gasteiger partial charge is 0.236 e. The number of likely N-dealkylation sites (tertiary alicyclic amines) is 1. The van der Waals surface area contributed by atoms with Crippen LogP contribution in [0.25, 0.3) is 0 Å². The second-order valence-corrected chi connectivity index (χ2v) is 7.09. The van der Waals surface area contributed by atoms with Crippen LogP contribution in [-0.2, 0) is 11.3 Å². The highest BCUT2D eigenvalue weighted by Crippen LogP contribution is 2.13. The Morgan fingerprint density at radius 2 is 1.58 bits per heavy atom. The van der Waals surface area contributed by atoms with Crippen molar-refractivity contribution < 1.29 is 4.79 Å². The molecule has 5 heteroatoms. The summed E-state index contributed by atoms with van der Waals surface area (Å²) in [6, 6.07) is 8.12. The van der Waals surface area contributed by atoms with E-state index in [1.807, 2.05) is 12.1 Å². The second-order valence-electron chi connectivity index (χ2n) is 7.09. The first-order chi connectivity index (χ1) is 11.7. The first-order valence-corrected chi connectivity index (χ1v) is 9.27. The van der Waals surface area contributed by atoms with Crippen LogP contribution < -0.4 is 5.73 Å². The second kappa shape index (κ2) is 8.49. The first-order valence-electron chi connectivity index (χ1n) is 9.27. The molecule has 2 heterocycles. The molecular formula is C19H30N4O. The van der Waals surface area contributed by atoms with Crippen LogP contribution >= 0.6 is 0 Å². The number of nitrogens with two attached hydrogens (primary N) is 1. The number of hydrogen-bond acceptors (Lipinski definition) is 4. The highest BCUT2D eigenvalue weighted by molar-refractivity contribution is 5.78. The summed E-state index contributed by atoms with van der Waals surface area (Å²) in [6.45, 7) is 7.42. The van der Waals surface area contributed by atoms with Crippen LogP contribution in [0.4, 0.5) is 5.69 Å². The van der Waals surface area contributed by atoms with Crippen LogP contribution in [0.3, 0.4) is 0 Å². The van der Waals surface area contributed by atoms with E-state index in [0.29, 0.717) is 12.5 Å². The monoisotopic (exact) mass is 330 g/mol. The van der Waals surface area contributed by atoms with Gasteiger partial charge < -0.3 is 10.6 Å². The summed E-state index contributed by atoms with van der Waals surface area (Å²) < 4.78 is 0. The topological polar surface area (TPSA) is 52.8 Å². The van der Waals surface area contributed by atoms with Crippen molar-refractivity contribution in [2.75, 3.05) is 51.5 Å². The van der Waals surface area contributed by atoms with E-state index < -0.39 is 0 Å². The number of carbonyl (C=O) groups excluding carboxylic acids is 1. The summed E-state index contributed by atoms with van der Waals surface area (Å²) >= 11 is 0. The minimum atomic E-state index is 0.321. The molecule has 2 aliphatic heterocycles. The molecule has 0 saturated carbocycles. The fraction of sp³-hybridized carbons (Fsp3) is 0.632. The van der Waals surface area contributed by atoms with E-state index in [-0.39, 0.29) is 0 Å². The van der Waals surface area contributed by atoms with Gasteiger partial charge in [0.15, 0.2) is 0 Å². The molecular weight excluding hydrogens is 300 g/mol. The quantitative estimate of drug-likeness (QED) is 0.855. The lowest BCUT2D eigenvalue weighted by atomic mass is 10.2. The van der Waals surface area contributed by atoms with E-state index in [2.05, 4.69) is 26.8 Å². The van der Waals surface area contributed by atoms with E-state index in [9.17, 15) is 4.79 Å². The third-order valence-electron chi connectivity index (χ3n) is 5.14. The van der Waals surface area contributed by atoms with Gasteiger partial charge in [0.25, 0.3) is 0 Å². The molecule has 0 bridgehead atoms. The molecule has 0 radical (unpaired) electrons. The maximum Gasteiger partial charge on any atom is 0.236 e. The lowest BCUT2D eigenvalue weighted by Crippen LogP contribution is -2.49. The molecule has 0 atom stereocenters. The molecule has 3 rings (SSSR count). The number of piperazine rings is 1. The number of carbonyl (C=O) groups is 1. The Balaban J connectivity index is 1.42. The zero-order chi connectivity index (χ0) is 16.8. The Bertz CT molecular complexity index is 532. The molecule has 2 fully saturated rings. The average Bonchev–Trinajstić information content (AvgIpc) is 2.86. The standard InChI is InChI=1S/C19H30N4O/c20-18-7-5-6-17(14-18)15-21-10-12-22(13-11-21)16-19(24)23-8-3-1-2-4-9-23/h5-7,14H,1-4,8-13,15-16,20H2. The Labute approximate surface area is 145 Å². The molecule has 0 aliphatic carbocycles. The molecule has 0 spiro atoms. The van der Waals surface area contributed by atoms with Gasteiger partial charge >= 0.3 is 0 Å². The number of nitrogen functional groups attached to an aromatic ring is 1. The number of benzene rings is 1. The number of amides is 1. The highest BCUT2D eigenvalue weighted by atomic mass is 16.2. The molecule has 0 unspecified atom stereocenters. The van der Waals surface area contributed by atoms with Crippen molar-refractivity contribution in [3.05, 3.63) is 29.8 Å². The lowest BCUT2D eigenvalue weighted by molar-refractivity contribution is -0.132. The van der Waals surface area contributed by atoms with Gasteiger partial charge in [-0.25, -0.2) is 0 Å². The predicted octanol–water partition coefficient (Wildman–Crippen LogP) is 1.79. The van der Waals surface area contributed by atoms with Gasteiger partial charge in [0.2, 0.25) is 5.91 Å². The molecule has 2 saturated heterocycles. The van der Waals surface area contributed by atoms with Crippen LogP contribution in [0.1, 0.15) is 31.2 Å². The molecule has 1 amide bonds. The Kier molecular flexibility index (Phi) is 6.10. The molecule has 2 N–H and O–H groups in total. The minimum Gasteiger partial charge on any atom is -0.399 e. The van der Waals surface area contributed by atoms with Gasteiger partial charge in [-0.2, -0.15) is 0 Å². The van der Waals surface area contributed by atoms with Crippen molar-refractivity contribution in [2.45, 2.75) is 32.2 Å². The van der Waals surface area contributed by atoms with Crippen molar-refractivity contribution in [3.8, 4) is 0 Å². The van der Waals surface area contributed by atoms with Crippen LogP contribution in [0, 0.1) is 0 Å². The zero-order valence-electron chi connectivity index (χ0n) is 14.6. The van der Waals surface area contributed by atoms with E-state index in [1.54, 1.807) is 0 Å². The highest BCUT2D eigenvalue weighted by Gasteiger charge is 2.22. The van der Waals surface area contributed by atoms with E-state index in [0.717, 1.165) is 51.5 Å². The average molecular weight is 330 g/mol. The summed E-state index contributed by atoms with van der Waals surface area (Å²) in [5.41, 5.74) is 7.95. The summed E-state index contributed by atoms with van der Waals surface area (Å²) in [7, 11) is 0. The fourth-order valence-corrected chi connectivity index (χ4v) is 3.67. The number of rotatable bonds is 4. The molecule has 1 aromatic rings. The molecule has 2 aliphatic rings. The van der Waals surface area contributed by atoms with Gasteiger partial charge in [0.05, 0.1) is 6.54 Å². The summed E-state index contributed by atoms with van der Waals surface area (Å²) in [5.74, 6) is 0.321. The maximum absolute atomic E-state index is 12.5. The van der Waals surface area contributed by atoms with E-state index >= 15 is 0 Å². The molecule has 1 aromatic carbocycles. The van der Waals surface area contributed by atoms with Crippen molar-refractivity contribution in [2.24, 2.45) is 0 Å². The van der Waals surface area contributed by atoms with E-state index in [1.165, 1.54) is 31.2 Å². The van der Waals surface area contributed by atoms with Gasteiger partial charge in [-0.05, 0) is 30.5 Å². The molecule has 132 valence electrons. The summed E-state index contributed by atoms with van der Waals surface area (Å²) in [4.78, 5) is 19.3. The number of nitrogens with zero attached hydrogens (tertiary/aromatic N) is 3. The van der Waals surface area contributed by atoms with Gasteiger partial charge in [-0.15, -0.1) is 0 Å². The number of anilines is 1. The van der Waals surface area contributed by atoms with Crippen molar-refractivity contribution in [1.29, 1.82) is 0 Å². The van der Waals surface area contributed by atoms with Crippen molar-refractivity contribution in [3.63, 3.8) is 0 Å². The normalized spacial score (nSPS) is 20.8. The maximum atomic E-state index is 12.5. The Morgan fingerprint density at radius 3 is 2.25 bits per heavy atom. The molecule has 0 aromatic heterocycles. The first kappa shape index (κ1) is 17.2. The van der Waals surface area contributed by atoms with Crippen molar-refractivity contribution >= 4 is 11.6 Å². The largest absolute Gasteiger partial charge is 0.399 e. The Morgan fingerprint density at radius 1 is 0.917 bits per heavy atom. The van der Waals surface area contributed by atoms with Crippen LogP contribution in [0.2, 0.25) is 0 Å². The minimum absolute atomic E-state index is 0.321. The van der Waals surface area contributed by atoms with Gasteiger partial charge in [-0.3, -0.25) is 14.6 Å². The predicted molar refractivity (Wildman–Crippen MR) is 97.6 cm³/mol. The summed E-state index contributed by atoms with van der Waals surface area (Å²) in [6.07, 6.45) is 4.87. The van der Waals surface area contributed by atoms with Gasteiger partial charge in [-0.1, -0.05) is 25.0 Å². The Hall–Kier alpha value is -1.59. The fourth-order valence-electron chi connectivity index (χ4n) is 3.67. The summed E-state index contributed by atoms with van der Waals surface area (Å²) in [5, 5.41) is 0.